The lowest BCUT2D eigenvalue weighted by Crippen LogP contribution is -2.14. The van der Waals surface area contributed by atoms with Gasteiger partial charge in [0.1, 0.15) is 30.3 Å². The number of hydrogen-bond acceptors (Lipinski definition) is 9. The summed E-state index contributed by atoms with van der Waals surface area (Å²) >= 11 is 5.90. The standard InChI is InChI=1S/C24H27ClFN5O3.C4H4O4/c1-4-33-10-11-34-22-14-20-17(13-21(22)30-23(32)6-5-9-31(2)3)24(28-15-27-20)29-16-7-8-19(26)18(25)12-16;5-3(6)1-2-4(7)8/h5-8,12-15H,4,9-11H2,1-3H3,(H,30,32)(H,27,28,29);1-2H,(H,5,6)(H,7,8)/b6-5+;2-1-. The van der Waals surface area contributed by atoms with Crippen molar-refractivity contribution in [3.8, 4) is 5.75 Å². The molecular weight excluding hydrogens is 573 g/mol. The van der Waals surface area contributed by atoms with E-state index in [0.29, 0.717) is 72.4 Å². The van der Waals surface area contributed by atoms with Crippen LogP contribution in [-0.2, 0) is 19.1 Å². The molecule has 42 heavy (non-hydrogen) atoms. The summed E-state index contributed by atoms with van der Waals surface area (Å²) in [5.41, 5.74) is 1.61. The summed E-state index contributed by atoms with van der Waals surface area (Å²) in [5.74, 6) is -2.41. The second-order valence-electron chi connectivity index (χ2n) is 8.55. The minimum absolute atomic E-state index is 0.00851. The van der Waals surface area contributed by atoms with Gasteiger partial charge in [0, 0.05) is 48.5 Å². The number of halogens is 2. The zero-order chi connectivity index (χ0) is 31.1. The lowest BCUT2D eigenvalue weighted by atomic mass is 10.1. The van der Waals surface area contributed by atoms with Gasteiger partial charge in [-0.1, -0.05) is 17.7 Å². The maximum atomic E-state index is 13.5. The van der Waals surface area contributed by atoms with Crippen LogP contribution in [0.15, 0.2) is 61.0 Å². The van der Waals surface area contributed by atoms with Gasteiger partial charge in [0.15, 0.2) is 0 Å². The van der Waals surface area contributed by atoms with Gasteiger partial charge in [-0.05, 0) is 45.3 Å². The van der Waals surface area contributed by atoms with Gasteiger partial charge in [0.25, 0.3) is 0 Å². The van der Waals surface area contributed by atoms with Crippen LogP contribution < -0.4 is 15.4 Å². The summed E-state index contributed by atoms with van der Waals surface area (Å²) < 4.78 is 24.7. The second-order valence-corrected chi connectivity index (χ2v) is 8.96. The Bertz CT molecular complexity index is 1430. The average molecular weight is 604 g/mol. The maximum Gasteiger partial charge on any atom is 0.328 e. The summed E-state index contributed by atoms with van der Waals surface area (Å²) in [7, 11) is 3.83. The molecule has 0 aliphatic rings. The number of benzene rings is 2. The van der Waals surface area contributed by atoms with Crippen LogP contribution in [-0.4, -0.2) is 83.4 Å². The number of carboxylic acids is 2. The summed E-state index contributed by atoms with van der Waals surface area (Å²) in [6, 6.07) is 7.75. The molecule has 224 valence electrons. The van der Waals surface area contributed by atoms with Gasteiger partial charge < -0.3 is 35.2 Å². The molecule has 2 aromatic carbocycles. The van der Waals surface area contributed by atoms with Gasteiger partial charge in [0.05, 0.1) is 22.8 Å². The van der Waals surface area contributed by atoms with Crippen molar-refractivity contribution in [2.45, 2.75) is 6.92 Å². The topological polar surface area (TPSA) is 163 Å². The summed E-state index contributed by atoms with van der Waals surface area (Å²) in [5, 5.41) is 22.2. The van der Waals surface area contributed by atoms with Crippen molar-refractivity contribution >= 4 is 57.5 Å². The Morgan fingerprint density at radius 2 is 1.76 bits per heavy atom. The van der Waals surface area contributed by atoms with E-state index in [9.17, 15) is 18.8 Å². The molecule has 4 N–H and O–H groups in total. The van der Waals surface area contributed by atoms with E-state index in [4.69, 9.17) is 31.3 Å². The van der Waals surface area contributed by atoms with E-state index < -0.39 is 17.8 Å². The summed E-state index contributed by atoms with van der Waals surface area (Å²) in [4.78, 5) is 42.2. The first-order chi connectivity index (χ1) is 20.0. The lowest BCUT2D eigenvalue weighted by Gasteiger charge is -2.15. The number of aromatic nitrogens is 2. The zero-order valence-electron chi connectivity index (χ0n) is 23.1. The fraction of sp³-hybridized carbons (Fsp3) is 0.250. The highest BCUT2D eigenvalue weighted by molar-refractivity contribution is 6.31. The Morgan fingerprint density at radius 3 is 2.38 bits per heavy atom. The number of carboxylic acid groups (broad SMARTS) is 2. The molecule has 1 heterocycles. The number of amides is 1. The van der Waals surface area contributed by atoms with Crippen LogP contribution in [0.5, 0.6) is 5.75 Å². The number of rotatable bonds is 13. The van der Waals surface area contributed by atoms with E-state index in [1.807, 2.05) is 25.9 Å². The minimum atomic E-state index is -1.26. The summed E-state index contributed by atoms with van der Waals surface area (Å²) in [6.45, 7) is 3.83. The highest BCUT2D eigenvalue weighted by atomic mass is 35.5. The van der Waals surface area contributed by atoms with Crippen molar-refractivity contribution in [3.63, 3.8) is 0 Å². The van der Waals surface area contributed by atoms with Crippen LogP contribution in [0.4, 0.5) is 21.6 Å². The van der Waals surface area contributed by atoms with Crippen molar-refractivity contribution in [2.75, 3.05) is 51.1 Å². The molecule has 0 unspecified atom stereocenters. The Morgan fingerprint density at radius 1 is 1.05 bits per heavy atom. The molecule has 0 saturated heterocycles. The third-order valence-corrected chi connectivity index (χ3v) is 5.26. The molecule has 0 spiro atoms. The zero-order valence-corrected chi connectivity index (χ0v) is 23.9. The monoisotopic (exact) mass is 603 g/mol. The molecule has 3 rings (SSSR count). The molecular formula is C28H31ClFN5O7. The average Bonchev–Trinajstić information content (AvgIpc) is 2.92. The Kier molecular flexibility index (Phi) is 13.8. The van der Waals surface area contributed by atoms with Crippen molar-refractivity contribution < 1.29 is 38.5 Å². The first-order valence-electron chi connectivity index (χ1n) is 12.5. The van der Waals surface area contributed by atoms with Gasteiger partial charge in [0.2, 0.25) is 5.91 Å². The third kappa shape index (κ3) is 11.9. The fourth-order valence-electron chi connectivity index (χ4n) is 3.15. The van der Waals surface area contributed by atoms with Crippen molar-refractivity contribution in [1.29, 1.82) is 0 Å². The number of aliphatic carboxylic acids is 2. The smallest absolute Gasteiger partial charge is 0.328 e. The molecule has 0 bridgehead atoms. The van der Waals surface area contributed by atoms with E-state index in [1.165, 1.54) is 24.5 Å². The second kappa shape index (κ2) is 17.3. The molecule has 0 radical (unpaired) electrons. The van der Waals surface area contributed by atoms with Gasteiger partial charge in [-0.25, -0.2) is 23.9 Å². The van der Waals surface area contributed by atoms with Crippen molar-refractivity contribution in [2.24, 2.45) is 0 Å². The number of nitrogens with zero attached hydrogens (tertiary/aromatic N) is 3. The first-order valence-corrected chi connectivity index (χ1v) is 12.9. The fourth-order valence-corrected chi connectivity index (χ4v) is 3.33. The number of anilines is 3. The van der Waals surface area contributed by atoms with Crippen LogP contribution in [0, 0.1) is 5.82 Å². The van der Waals surface area contributed by atoms with Gasteiger partial charge in [-0.15, -0.1) is 0 Å². The predicted octanol–water partition coefficient (Wildman–Crippen LogP) is 4.35. The van der Waals surface area contributed by atoms with Crippen LogP contribution in [0.1, 0.15) is 6.92 Å². The Labute approximate surface area is 246 Å². The van der Waals surface area contributed by atoms with E-state index in [0.717, 1.165) is 0 Å². The Balaban J connectivity index is 0.000000675. The number of hydrogen-bond donors (Lipinski definition) is 4. The molecule has 0 fully saturated rings. The first kappa shape index (κ1) is 33.6. The molecule has 0 saturated carbocycles. The van der Waals surface area contributed by atoms with Gasteiger partial charge in [-0.3, -0.25) is 4.79 Å². The summed E-state index contributed by atoms with van der Waals surface area (Å²) in [6.07, 6.45) is 5.75. The van der Waals surface area contributed by atoms with Crippen molar-refractivity contribution in [1.82, 2.24) is 14.9 Å². The third-order valence-electron chi connectivity index (χ3n) is 4.97. The number of fused-ring (bicyclic) bond motifs is 1. The molecule has 14 heteroatoms. The van der Waals surface area contributed by atoms with Crippen LogP contribution in [0.2, 0.25) is 5.02 Å². The number of carbonyl (C=O) groups excluding carboxylic acids is 1. The highest BCUT2D eigenvalue weighted by Gasteiger charge is 2.14. The highest BCUT2D eigenvalue weighted by Crippen LogP contribution is 2.34. The molecule has 0 atom stereocenters. The molecule has 12 nitrogen and oxygen atoms in total. The number of nitrogens with one attached hydrogen (secondary N) is 2. The van der Waals surface area contributed by atoms with Crippen molar-refractivity contribution in [3.05, 3.63) is 71.8 Å². The SMILES string of the molecule is CCOCCOc1cc2ncnc(Nc3ccc(F)c(Cl)c3)c2cc1NC(=O)/C=C/CN(C)C.O=C(O)/C=C\C(=O)O. The van der Waals surface area contributed by atoms with Gasteiger partial charge in [-0.2, -0.15) is 0 Å². The van der Waals surface area contributed by atoms with Gasteiger partial charge >= 0.3 is 11.9 Å². The van der Waals surface area contributed by atoms with Crippen LogP contribution in [0.25, 0.3) is 10.9 Å². The normalized spacial score (nSPS) is 11.0. The van der Waals surface area contributed by atoms with Crippen LogP contribution >= 0.6 is 11.6 Å². The molecule has 1 aromatic heterocycles. The van der Waals surface area contributed by atoms with E-state index in [2.05, 4.69) is 20.6 Å². The van der Waals surface area contributed by atoms with E-state index >= 15 is 0 Å². The molecule has 1 amide bonds. The van der Waals surface area contributed by atoms with Crippen LogP contribution in [0.3, 0.4) is 0 Å². The predicted molar refractivity (Wildman–Crippen MR) is 157 cm³/mol. The maximum absolute atomic E-state index is 13.5. The number of likely N-dealkylation sites (N-methyl/N-ethyl adjacent to an activating group) is 1. The van der Waals surface area contributed by atoms with E-state index in [-0.39, 0.29) is 10.9 Å². The molecule has 0 aliphatic heterocycles. The largest absolute Gasteiger partial charge is 0.489 e. The minimum Gasteiger partial charge on any atom is -0.489 e. The molecule has 3 aromatic rings. The Hall–Kier alpha value is -4.59. The molecule has 0 aliphatic carbocycles. The van der Waals surface area contributed by atoms with E-state index in [1.54, 1.807) is 24.3 Å². The lowest BCUT2D eigenvalue weighted by molar-refractivity contribution is -0.134. The number of carbonyl (C=O) groups is 3. The number of ether oxygens (including phenoxy) is 2. The quantitative estimate of drug-likeness (QED) is 0.162.